The molecule has 57 heavy (non-hydrogen) atoms. The number of pyridine rings is 1. The van der Waals surface area contributed by atoms with Gasteiger partial charge in [0.25, 0.3) is 0 Å². The number of hydrogen-bond donors (Lipinski definition) is 0. The van der Waals surface area contributed by atoms with Crippen molar-refractivity contribution in [3.63, 3.8) is 0 Å². The van der Waals surface area contributed by atoms with Crippen LogP contribution in [0.3, 0.4) is 0 Å². The highest BCUT2D eigenvalue weighted by molar-refractivity contribution is 6.17. The normalized spacial score (nSPS) is 11.5. The average molecular weight is 727 g/mol. The molecule has 0 amide bonds. The molecule has 3 aromatic heterocycles. The molecule has 11 rings (SSSR count). The number of nitrogens with zero attached hydrogens (tertiary/aromatic N) is 4. The van der Waals surface area contributed by atoms with Crippen LogP contribution < -0.4 is 0 Å². The summed E-state index contributed by atoms with van der Waals surface area (Å²) in [5, 5.41) is 5.91. The van der Waals surface area contributed by atoms with Crippen LogP contribution in [0.15, 0.2) is 206 Å². The van der Waals surface area contributed by atoms with Crippen LogP contribution in [0.4, 0.5) is 0 Å². The van der Waals surface area contributed by atoms with Gasteiger partial charge in [-0.05, 0) is 47.5 Å². The highest BCUT2D eigenvalue weighted by Gasteiger charge is 2.18. The molecular formula is C53H34N4. The summed E-state index contributed by atoms with van der Waals surface area (Å²) in [6, 6.07) is 72.5. The maximum atomic E-state index is 5.39. The predicted molar refractivity (Wildman–Crippen MR) is 236 cm³/mol. The summed E-state index contributed by atoms with van der Waals surface area (Å²) in [6.07, 6.45) is 0. The Morgan fingerprint density at radius 3 is 1.54 bits per heavy atom. The predicted octanol–water partition coefficient (Wildman–Crippen LogP) is 13.6. The van der Waals surface area contributed by atoms with Crippen LogP contribution in [-0.2, 0) is 0 Å². The minimum absolute atomic E-state index is 0.678. The highest BCUT2D eigenvalue weighted by atomic mass is 15.0. The first kappa shape index (κ1) is 32.7. The molecular weight excluding hydrogens is 693 g/mol. The SMILES string of the molecule is c1ccc(-c2nc(-c3ccc(-n4c5ccccc5c5ccccc54)cc3)cc(-c3ccc4c(c3)nc(-c3ccccc3)c3cccc(-c5ccccc5)c34)n2)cc1. The van der Waals surface area contributed by atoms with Gasteiger partial charge >= 0.3 is 0 Å². The maximum Gasteiger partial charge on any atom is 0.160 e. The van der Waals surface area contributed by atoms with Crippen LogP contribution in [0.2, 0.25) is 0 Å². The van der Waals surface area contributed by atoms with Crippen molar-refractivity contribution in [3.05, 3.63) is 206 Å². The van der Waals surface area contributed by atoms with Gasteiger partial charge in [0, 0.05) is 54.9 Å². The van der Waals surface area contributed by atoms with Crippen molar-refractivity contribution in [2.45, 2.75) is 0 Å². The maximum absolute atomic E-state index is 5.39. The zero-order chi connectivity index (χ0) is 37.7. The van der Waals surface area contributed by atoms with Crippen molar-refractivity contribution in [2.24, 2.45) is 0 Å². The minimum Gasteiger partial charge on any atom is -0.309 e. The monoisotopic (exact) mass is 726 g/mol. The second-order valence-electron chi connectivity index (χ2n) is 14.4. The lowest BCUT2D eigenvalue weighted by atomic mass is 9.92. The van der Waals surface area contributed by atoms with Crippen LogP contribution in [-0.4, -0.2) is 19.5 Å². The van der Waals surface area contributed by atoms with Gasteiger partial charge in [0.2, 0.25) is 0 Å². The first-order chi connectivity index (χ1) is 28.3. The van der Waals surface area contributed by atoms with Crippen molar-refractivity contribution in [2.75, 3.05) is 0 Å². The second kappa shape index (κ2) is 13.6. The van der Waals surface area contributed by atoms with Crippen LogP contribution in [0, 0.1) is 0 Å². The third kappa shape index (κ3) is 5.66. The van der Waals surface area contributed by atoms with Crippen LogP contribution >= 0.6 is 0 Å². The van der Waals surface area contributed by atoms with Crippen molar-refractivity contribution in [1.29, 1.82) is 0 Å². The molecule has 4 heteroatoms. The molecule has 8 aromatic carbocycles. The van der Waals surface area contributed by atoms with Crippen LogP contribution in [0.25, 0.3) is 105 Å². The molecule has 0 saturated heterocycles. The zero-order valence-corrected chi connectivity index (χ0v) is 30.9. The summed E-state index contributed by atoms with van der Waals surface area (Å²) in [5.41, 5.74) is 13.5. The van der Waals surface area contributed by atoms with Gasteiger partial charge in [0.15, 0.2) is 5.82 Å². The van der Waals surface area contributed by atoms with E-state index in [2.05, 4.69) is 193 Å². The van der Waals surface area contributed by atoms with E-state index in [9.17, 15) is 0 Å². The Hall–Kier alpha value is -7.69. The Morgan fingerprint density at radius 2 is 0.877 bits per heavy atom. The van der Waals surface area contributed by atoms with Gasteiger partial charge in [-0.15, -0.1) is 0 Å². The van der Waals surface area contributed by atoms with E-state index in [0.29, 0.717) is 5.82 Å². The molecule has 0 aliphatic heterocycles. The van der Waals surface area contributed by atoms with Crippen LogP contribution in [0.5, 0.6) is 0 Å². The molecule has 266 valence electrons. The molecule has 0 atom stereocenters. The van der Waals surface area contributed by atoms with Gasteiger partial charge in [-0.2, -0.15) is 0 Å². The van der Waals surface area contributed by atoms with E-state index >= 15 is 0 Å². The highest BCUT2D eigenvalue weighted by Crippen LogP contribution is 2.40. The Balaban J connectivity index is 1.08. The zero-order valence-electron chi connectivity index (χ0n) is 30.9. The molecule has 4 nitrogen and oxygen atoms in total. The number of fused-ring (bicyclic) bond motifs is 6. The van der Waals surface area contributed by atoms with Gasteiger partial charge in [-0.25, -0.2) is 15.0 Å². The number of para-hydroxylation sites is 2. The lowest BCUT2D eigenvalue weighted by Crippen LogP contribution is -1.97. The third-order valence-corrected chi connectivity index (χ3v) is 11.0. The number of aromatic nitrogens is 4. The number of rotatable bonds is 6. The van der Waals surface area contributed by atoms with Crippen LogP contribution in [0.1, 0.15) is 0 Å². The molecule has 3 heterocycles. The standard InChI is InChI=1S/C53H34N4/c1-4-15-35(16-5-1)41-23-14-24-45-51(41)44-32-29-39(33-48(44)54-52(45)37-17-6-2-7-18-37)47-34-46(55-53(56-47)38-19-8-3-9-20-38)36-27-30-40(31-28-36)57-49-25-12-10-21-42(49)43-22-11-13-26-50(43)57/h1-34H. The van der Waals surface area contributed by atoms with Gasteiger partial charge in [-0.3, -0.25) is 0 Å². The topological polar surface area (TPSA) is 43.6 Å². The lowest BCUT2D eigenvalue weighted by Gasteiger charge is -2.15. The fraction of sp³-hybridized carbons (Fsp3) is 0. The third-order valence-electron chi connectivity index (χ3n) is 11.0. The van der Waals surface area contributed by atoms with Gasteiger partial charge < -0.3 is 4.57 Å². The molecule has 0 aliphatic carbocycles. The summed E-state index contributed by atoms with van der Waals surface area (Å²) < 4.78 is 2.34. The summed E-state index contributed by atoms with van der Waals surface area (Å²) >= 11 is 0. The van der Waals surface area contributed by atoms with E-state index in [1.165, 1.54) is 38.3 Å². The van der Waals surface area contributed by atoms with Gasteiger partial charge in [0.1, 0.15) is 0 Å². The Bertz CT molecular complexity index is 3210. The average Bonchev–Trinajstić information content (AvgIpc) is 3.63. The van der Waals surface area contributed by atoms with Crippen molar-refractivity contribution in [3.8, 4) is 62.0 Å². The van der Waals surface area contributed by atoms with Crippen molar-refractivity contribution < 1.29 is 0 Å². The first-order valence-electron chi connectivity index (χ1n) is 19.3. The van der Waals surface area contributed by atoms with Crippen molar-refractivity contribution in [1.82, 2.24) is 19.5 Å². The molecule has 0 fully saturated rings. The fourth-order valence-electron chi connectivity index (χ4n) is 8.33. The number of hydrogen-bond acceptors (Lipinski definition) is 3. The largest absolute Gasteiger partial charge is 0.309 e. The molecule has 11 aromatic rings. The van der Waals surface area contributed by atoms with E-state index in [0.717, 1.165) is 61.3 Å². The molecule has 0 radical (unpaired) electrons. The number of benzene rings is 8. The van der Waals surface area contributed by atoms with E-state index in [-0.39, 0.29) is 0 Å². The minimum atomic E-state index is 0.678. The van der Waals surface area contributed by atoms with E-state index in [4.69, 9.17) is 15.0 Å². The fourth-order valence-corrected chi connectivity index (χ4v) is 8.33. The Morgan fingerprint density at radius 1 is 0.333 bits per heavy atom. The van der Waals surface area contributed by atoms with Gasteiger partial charge in [-0.1, -0.05) is 170 Å². The summed E-state index contributed by atoms with van der Waals surface area (Å²) in [4.78, 5) is 15.7. The van der Waals surface area contributed by atoms with Crippen molar-refractivity contribution >= 4 is 43.5 Å². The van der Waals surface area contributed by atoms with E-state index in [1.54, 1.807) is 0 Å². The summed E-state index contributed by atoms with van der Waals surface area (Å²) in [7, 11) is 0. The smallest absolute Gasteiger partial charge is 0.160 e. The van der Waals surface area contributed by atoms with E-state index < -0.39 is 0 Å². The summed E-state index contributed by atoms with van der Waals surface area (Å²) in [6.45, 7) is 0. The molecule has 0 unspecified atom stereocenters. The quantitative estimate of drug-likeness (QED) is 0.160. The second-order valence-corrected chi connectivity index (χ2v) is 14.4. The molecule has 0 spiro atoms. The lowest BCUT2D eigenvalue weighted by molar-refractivity contribution is 1.17. The molecule has 0 bridgehead atoms. The Kier molecular flexibility index (Phi) is 7.78. The van der Waals surface area contributed by atoms with Gasteiger partial charge in [0.05, 0.1) is 33.6 Å². The summed E-state index contributed by atoms with van der Waals surface area (Å²) in [5.74, 6) is 0.678. The Labute approximate surface area is 330 Å². The molecule has 0 aliphatic rings. The molecule has 0 saturated carbocycles. The molecule has 0 N–H and O–H groups in total. The first-order valence-corrected chi connectivity index (χ1v) is 19.3. The van der Waals surface area contributed by atoms with E-state index in [1.807, 2.05) is 18.2 Å².